The van der Waals surface area contributed by atoms with E-state index in [-0.39, 0.29) is 6.10 Å². The second kappa shape index (κ2) is 10.9. The highest BCUT2D eigenvalue weighted by Crippen LogP contribution is 2.39. The summed E-state index contributed by atoms with van der Waals surface area (Å²) in [5.74, 6) is 0.802. The maximum Gasteiger partial charge on any atom is 0.192 e. The third-order valence-corrected chi connectivity index (χ3v) is 13.5. The van der Waals surface area contributed by atoms with E-state index in [2.05, 4.69) is 39.0 Å². The Hall–Kier alpha value is -0.913. The molecule has 1 aliphatic carbocycles. The fraction of sp³-hybridized carbons (Fsp3) is 0.667. The summed E-state index contributed by atoms with van der Waals surface area (Å²) in [6, 6.07) is 13.2. The first-order valence-corrected chi connectivity index (χ1v) is 15.5. The molecule has 0 spiro atoms. The van der Waals surface area contributed by atoms with Gasteiger partial charge < -0.3 is 4.43 Å². The average Bonchev–Trinajstić information content (AvgIpc) is 2.76. The topological polar surface area (TPSA) is 38.7 Å². The first kappa shape index (κ1) is 24.4. The van der Waals surface area contributed by atoms with Crippen molar-refractivity contribution in [2.45, 2.75) is 89.4 Å². The van der Waals surface area contributed by atoms with Gasteiger partial charge in [0.1, 0.15) is 0 Å². The van der Waals surface area contributed by atoms with Gasteiger partial charge in [0.15, 0.2) is 8.32 Å². The molecule has 1 aromatic carbocycles. The smallest absolute Gasteiger partial charge is 0.192 e. The lowest BCUT2D eigenvalue weighted by molar-refractivity contribution is 0.0811. The second-order valence-electron chi connectivity index (χ2n) is 8.68. The zero-order valence-electron chi connectivity index (χ0n) is 19.3. The van der Waals surface area contributed by atoms with Gasteiger partial charge in [0.05, 0.1) is 20.7 Å². The Bertz CT molecular complexity index is 769. The van der Waals surface area contributed by atoms with Crippen LogP contribution in [0.15, 0.2) is 50.6 Å². The monoisotopic (exact) mass is 435 g/mol. The van der Waals surface area contributed by atoms with Gasteiger partial charge in [0.25, 0.3) is 0 Å². The van der Waals surface area contributed by atoms with E-state index in [1.54, 1.807) is 7.05 Å². The number of rotatable bonds is 9. The van der Waals surface area contributed by atoms with Crippen molar-refractivity contribution in [3.63, 3.8) is 0 Å². The first-order valence-electron chi connectivity index (χ1n) is 11.4. The number of hydrogen-bond acceptors (Lipinski definition) is 3. The van der Waals surface area contributed by atoms with Gasteiger partial charge in [-0.25, -0.2) is 8.57 Å². The molecule has 0 aliphatic heterocycles. The Labute approximate surface area is 180 Å². The van der Waals surface area contributed by atoms with Crippen molar-refractivity contribution >= 4 is 18.0 Å². The summed E-state index contributed by atoms with van der Waals surface area (Å²) in [5, 5.41) is 2.01. The van der Waals surface area contributed by atoms with Crippen LogP contribution in [0.25, 0.3) is 0 Å². The molecule has 0 amide bonds. The molecule has 0 saturated heterocycles. The van der Waals surface area contributed by atoms with Crippen LogP contribution in [-0.2, 0) is 14.2 Å². The third kappa shape index (κ3) is 5.83. The van der Waals surface area contributed by atoms with Crippen molar-refractivity contribution in [2.24, 2.45) is 16.2 Å². The molecule has 2 rings (SSSR count). The molecule has 5 heteroatoms. The number of hydrogen-bond donors (Lipinski definition) is 0. The Morgan fingerprint density at radius 1 is 1.14 bits per heavy atom. The Balaban J connectivity index is 2.45. The minimum Gasteiger partial charge on any atom is -0.413 e. The summed E-state index contributed by atoms with van der Waals surface area (Å²) in [6.45, 7) is 11.5. The maximum atomic E-state index is 13.7. The van der Waals surface area contributed by atoms with E-state index in [1.165, 1.54) is 36.5 Å². The van der Waals surface area contributed by atoms with E-state index in [1.807, 2.05) is 35.7 Å². The number of nitrogens with zero attached hydrogens (tertiary/aromatic N) is 1. The van der Waals surface area contributed by atoms with Crippen LogP contribution >= 0.6 is 0 Å². The van der Waals surface area contributed by atoms with Gasteiger partial charge in [-0.15, -0.1) is 0 Å². The van der Waals surface area contributed by atoms with Gasteiger partial charge in [-0.3, -0.25) is 0 Å². The number of benzene rings is 1. The molecule has 164 valence electrons. The van der Waals surface area contributed by atoms with E-state index in [9.17, 15) is 4.21 Å². The van der Waals surface area contributed by atoms with Crippen LogP contribution in [0.1, 0.15) is 60.3 Å². The average molecular weight is 436 g/mol. The van der Waals surface area contributed by atoms with Crippen molar-refractivity contribution in [2.75, 3.05) is 7.05 Å². The van der Waals surface area contributed by atoms with Crippen LogP contribution in [0.5, 0.6) is 0 Å². The van der Waals surface area contributed by atoms with E-state index >= 15 is 0 Å². The van der Waals surface area contributed by atoms with Crippen LogP contribution in [0, 0.1) is 11.8 Å². The molecule has 0 bridgehead atoms. The van der Waals surface area contributed by atoms with Crippen molar-refractivity contribution in [3.05, 3.63) is 41.3 Å². The van der Waals surface area contributed by atoms with E-state index in [0.717, 1.165) is 17.7 Å². The summed E-state index contributed by atoms with van der Waals surface area (Å²) in [4.78, 5) is 0.806. The lowest BCUT2D eigenvalue weighted by Crippen LogP contribution is -2.45. The second-order valence-corrected chi connectivity index (χ2v) is 15.6. The van der Waals surface area contributed by atoms with Gasteiger partial charge in [0, 0.05) is 18.4 Å². The Kier molecular flexibility index (Phi) is 9.17. The van der Waals surface area contributed by atoms with E-state index in [0.29, 0.717) is 11.8 Å². The molecule has 3 nitrogen and oxygen atoms in total. The molecule has 1 aliphatic rings. The summed E-state index contributed by atoms with van der Waals surface area (Å²) in [6.07, 6.45) is 4.74. The molecule has 3 atom stereocenters. The lowest BCUT2D eigenvalue weighted by atomic mass is 9.78. The van der Waals surface area contributed by atoms with Crippen molar-refractivity contribution in [1.82, 2.24) is 0 Å². The molecule has 0 N–H and O–H groups in total. The van der Waals surface area contributed by atoms with E-state index < -0.39 is 18.0 Å². The zero-order valence-corrected chi connectivity index (χ0v) is 21.1. The quantitative estimate of drug-likeness (QED) is 0.383. The maximum absolute atomic E-state index is 13.7. The van der Waals surface area contributed by atoms with Gasteiger partial charge in [0.2, 0.25) is 0 Å². The Morgan fingerprint density at radius 2 is 1.76 bits per heavy atom. The van der Waals surface area contributed by atoms with Gasteiger partial charge in [-0.2, -0.15) is 0 Å². The van der Waals surface area contributed by atoms with Crippen LogP contribution in [0.3, 0.4) is 0 Å². The van der Waals surface area contributed by atoms with Gasteiger partial charge >= 0.3 is 0 Å². The molecule has 0 aromatic heterocycles. The SMILES string of the molecule is CC[Si](CC)(CC)O[C@@H](C(C)C)[C@@H]1CCCC/C1=C/[S@@](=O)(=NC)c1ccccc1. The van der Waals surface area contributed by atoms with Crippen molar-refractivity contribution in [3.8, 4) is 0 Å². The minimum absolute atomic E-state index is 0.212. The molecule has 1 fully saturated rings. The summed E-state index contributed by atoms with van der Waals surface area (Å²) < 4.78 is 25.2. The molecule has 0 radical (unpaired) electrons. The van der Waals surface area contributed by atoms with Gasteiger partial charge in [-0.1, -0.05) is 64.8 Å². The molecule has 0 heterocycles. The van der Waals surface area contributed by atoms with E-state index in [4.69, 9.17) is 4.43 Å². The molecule has 1 saturated carbocycles. The lowest BCUT2D eigenvalue weighted by Gasteiger charge is -2.41. The molecular weight excluding hydrogens is 394 g/mol. The molecular formula is C24H41NO2SSi. The normalized spacial score (nSPS) is 22.4. The standard InChI is InChI=1S/C24H41NO2SSi/c1-7-29(8-2,9-3)27-24(20(4)5)23-18-14-13-15-21(23)19-28(26,25-6)22-16-11-10-12-17-22/h10-12,16-17,19-20,23-24H,7-9,13-15,18H2,1-6H3/b21-19-/t23-,24+,28+/m1/s1. The van der Waals surface area contributed by atoms with Crippen molar-refractivity contribution in [1.29, 1.82) is 0 Å². The first-order chi connectivity index (χ1) is 13.8. The highest BCUT2D eigenvalue weighted by Gasteiger charge is 2.38. The molecule has 29 heavy (non-hydrogen) atoms. The van der Waals surface area contributed by atoms with Gasteiger partial charge in [-0.05, 0) is 55.4 Å². The predicted octanol–water partition coefficient (Wildman–Crippen LogP) is 7.26. The summed E-state index contributed by atoms with van der Waals surface area (Å²) in [7, 11) is -2.56. The van der Waals surface area contributed by atoms with Crippen LogP contribution in [0.2, 0.25) is 18.1 Å². The third-order valence-electron chi connectivity index (χ3n) is 6.74. The molecule has 1 aromatic rings. The fourth-order valence-electron chi connectivity index (χ4n) is 4.60. The van der Waals surface area contributed by atoms with Crippen LogP contribution in [0.4, 0.5) is 0 Å². The Morgan fingerprint density at radius 3 is 2.28 bits per heavy atom. The van der Waals surface area contributed by atoms with Crippen LogP contribution in [-0.4, -0.2) is 25.7 Å². The highest BCUT2D eigenvalue weighted by atomic mass is 32.2. The summed E-state index contributed by atoms with van der Waals surface area (Å²) >= 11 is 0. The summed E-state index contributed by atoms with van der Waals surface area (Å²) in [5.41, 5.74) is 1.31. The van der Waals surface area contributed by atoms with Crippen molar-refractivity contribution < 1.29 is 8.63 Å². The predicted molar refractivity (Wildman–Crippen MR) is 128 cm³/mol. The zero-order chi connectivity index (χ0) is 21.5. The highest BCUT2D eigenvalue weighted by molar-refractivity contribution is 7.96. The minimum atomic E-state index is -2.54. The fourth-order valence-corrected chi connectivity index (χ4v) is 9.32. The molecule has 0 unspecified atom stereocenters. The largest absolute Gasteiger partial charge is 0.413 e. The van der Waals surface area contributed by atoms with Crippen LogP contribution < -0.4 is 0 Å².